The lowest BCUT2D eigenvalue weighted by Gasteiger charge is -2.25. The lowest BCUT2D eigenvalue weighted by Crippen LogP contribution is -2.12. The maximum absolute atomic E-state index is 9.87. The Bertz CT molecular complexity index is 314. The van der Waals surface area contributed by atoms with Crippen LogP contribution in [-0.4, -0.2) is 5.11 Å². The summed E-state index contributed by atoms with van der Waals surface area (Å²) in [6, 6.07) is 6.34. The van der Waals surface area contributed by atoms with Crippen LogP contribution in [0.4, 0.5) is 0 Å². The van der Waals surface area contributed by atoms with Gasteiger partial charge in [-0.05, 0) is 41.9 Å². The van der Waals surface area contributed by atoms with E-state index < -0.39 is 0 Å². The second-order valence-electron chi connectivity index (χ2n) is 4.48. The Morgan fingerprint density at radius 1 is 1.36 bits per heavy atom. The van der Waals surface area contributed by atoms with Crippen LogP contribution in [0.1, 0.15) is 55.4 Å². The molecule has 0 spiro atoms. The molecule has 1 aliphatic carbocycles. The largest absolute Gasteiger partial charge is 0.388 e. The van der Waals surface area contributed by atoms with E-state index in [1.807, 2.05) is 0 Å². The summed E-state index contributed by atoms with van der Waals surface area (Å²) in [7, 11) is 0. The Labute approximate surface area is 85.8 Å². The first-order chi connectivity index (χ1) is 6.70. The zero-order chi connectivity index (χ0) is 10.1. The standard InChI is InChI=1S/C13H18O/c1-9(2)10-5-3-7-12-11(10)6-4-8-13(12)14/h3,5,7,9,13-14H,4,6,8H2,1-2H3. The minimum absolute atomic E-state index is 0.225. The van der Waals surface area contributed by atoms with Crippen LogP contribution in [0.5, 0.6) is 0 Å². The van der Waals surface area contributed by atoms with Gasteiger partial charge in [0.1, 0.15) is 0 Å². The molecule has 2 rings (SSSR count). The van der Waals surface area contributed by atoms with Gasteiger partial charge in [-0.25, -0.2) is 0 Å². The van der Waals surface area contributed by atoms with Gasteiger partial charge < -0.3 is 5.11 Å². The van der Waals surface area contributed by atoms with Crippen LogP contribution in [0.3, 0.4) is 0 Å². The predicted octanol–water partition coefficient (Wildman–Crippen LogP) is 3.18. The van der Waals surface area contributed by atoms with Gasteiger partial charge in [-0.2, -0.15) is 0 Å². The molecule has 1 N–H and O–H groups in total. The molecule has 1 aromatic rings. The Hall–Kier alpha value is -0.820. The highest BCUT2D eigenvalue weighted by Gasteiger charge is 2.20. The van der Waals surface area contributed by atoms with Crippen molar-refractivity contribution in [1.82, 2.24) is 0 Å². The number of aliphatic hydroxyl groups is 1. The molecule has 1 atom stereocenters. The van der Waals surface area contributed by atoms with E-state index in [1.165, 1.54) is 16.7 Å². The van der Waals surface area contributed by atoms with E-state index in [0.29, 0.717) is 5.92 Å². The first-order valence-corrected chi connectivity index (χ1v) is 5.50. The Kier molecular flexibility index (Phi) is 2.60. The Morgan fingerprint density at radius 3 is 2.86 bits per heavy atom. The van der Waals surface area contributed by atoms with E-state index in [2.05, 4.69) is 32.0 Å². The third-order valence-electron chi connectivity index (χ3n) is 3.13. The van der Waals surface area contributed by atoms with Crippen molar-refractivity contribution in [3.8, 4) is 0 Å². The lowest BCUT2D eigenvalue weighted by atomic mass is 9.83. The minimum Gasteiger partial charge on any atom is -0.388 e. The van der Waals surface area contributed by atoms with Gasteiger partial charge in [0.05, 0.1) is 6.10 Å². The summed E-state index contributed by atoms with van der Waals surface area (Å²) in [5.74, 6) is 0.565. The molecule has 1 heteroatoms. The number of benzene rings is 1. The number of fused-ring (bicyclic) bond motifs is 1. The highest BCUT2D eigenvalue weighted by atomic mass is 16.3. The summed E-state index contributed by atoms with van der Waals surface area (Å²) in [6.07, 6.45) is 2.96. The molecule has 1 aromatic carbocycles. The molecule has 0 bridgehead atoms. The van der Waals surface area contributed by atoms with Crippen molar-refractivity contribution < 1.29 is 5.11 Å². The average molecular weight is 190 g/mol. The summed E-state index contributed by atoms with van der Waals surface area (Å²) in [5.41, 5.74) is 3.99. The molecule has 1 unspecified atom stereocenters. The SMILES string of the molecule is CC(C)c1cccc2c1CCCC2O. The predicted molar refractivity (Wildman–Crippen MR) is 58.4 cm³/mol. The van der Waals surface area contributed by atoms with Gasteiger partial charge in [0.25, 0.3) is 0 Å². The van der Waals surface area contributed by atoms with Crippen LogP contribution < -0.4 is 0 Å². The van der Waals surface area contributed by atoms with Gasteiger partial charge in [0.2, 0.25) is 0 Å². The first kappa shape index (κ1) is 9.72. The van der Waals surface area contributed by atoms with Crippen molar-refractivity contribution >= 4 is 0 Å². The van der Waals surface area contributed by atoms with Crippen molar-refractivity contribution in [2.45, 2.75) is 45.1 Å². The molecule has 0 fully saturated rings. The van der Waals surface area contributed by atoms with Gasteiger partial charge >= 0.3 is 0 Å². The van der Waals surface area contributed by atoms with Gasteiger partial charge in [-0.3, -0.25) is 0 Å². The summed E-state index contributed by atoms with van der Waals surface area (Å²) in [5, 5.41) is 9.87. The summed E-state index contributed by atoms with van der Waals surface area (Å²) in [6.45, 7) is 4.44. The molecular weight excluding hydrogens is 172 g/mol. The average Bonchev–Trinajstić information content (AvgIpc) is 2.17. The number of rotatable bonds is 1. The topological polar surface area (TPSA) is 20.2 Å². The molecular formula is C13H18O. The summed E-state index contributed by atoms with van der Waals surface area (Å²) < 4.78 is 0. The normalized spacial score (nSPS) is 21.0. The monoisotopic (exact) mass is 190 g/mol. The van der Waals surface area contributed by atoms with Crippen LogP contribution in [-0.2, 0) is 6.42 Å². The van der Waals surface area contributed by atoms with E-state index in [1.54, 1.807) is 0 Å². The third kappa shape index (κ3) is 1.57. The second kappa shape index (κ2) is 3.74. The third-order valence-corrected chi connectivity index (χ3v) is 3.13. The second-order valence-corrected chi connectivity index (χ2v) is 4.48. The zero-order valence-corrected chi connectivity index (χ0v) is 8.96. The summed E-state index contributed by atoms with van der Waals surface area (Å²) >= 11 is 0. The molecule has 0 heterocycles. The molecule has 0 amide bonds. The van der Waals surface area contributed by atoms with E-state index in [0.717, 1.165) is 19.3 Å². The van der Waals surface area contributed by atoms with Gasteiger partial charge in [-0.1, -0.05) is 32.0 Å². The quantitative estimate of drug-likeness (QED) is 0.721. The fraction of sp³-hybridized carbons (Fsp3) is 0.538. The molecule has 76 valence electrons. The van der Waals surface area contributed by atoms with E-state index in [9.17, 15) is 5.11 Å². The number of hydrogen-bond donors (Lipinski definition) is 1. The van der Waals surface area contributed by atoms with Crippen LogP contribution >= 0.6 is 0 Å². The van der Waals surface area contributed by atoms with Crippen molar-refractivity contribution in [1.29, 1.82) is 0 Å². The maximum atomic E-state index is 9.87. The summed E-state index contributed by atoms with van der Waals surface area (Å²) in [4.78, 5) is 0. The molecule has 0 aliphatic heterocycles. The lowest BCUT2D eigenvalue weighted by molar-refractivity contribution is 0.156. The van der Waals surface area contributed by atoms with Crippen molar-refractivity contribution in [3.63, 3.8) is 0 Å². The van der Waals surface area contributed by atoms with Gasteiger partial charge in [-0.15, -0.1) is 0 Å². The zero-order valence-electron chi connectivity index (χ0n) is 8.96. The fourth-order valence-corrected chi connectivity index (χ4v) is 2.39. The van der Waals surface area contributed by atoms with Crippen LogP contribution in [0.15, 0.2) is 18.2 Å². The molecule has 0 aromatic heterocycles. The smallest absolute Gasteiger partial charge is 0.0792 e. The van der Waals surface area contributed by atoms with E-state index in [4.69, 9.17) is 0 Å². The maximum Gasteiger partial charge on any atom is 0.0792 e. The first-order valence-electron chi connectivity index (χ1n) is 5.50. The molecule has 0 radical (unpaired) electrons. The molecule has 1 nitrogen and oxygen atoms in total. The highest BCUT2D eigenvalue weighted by Crippen LogP contribution is 2.34. The molecule has 1 aliphatic rings. The van der Waals surface area contributed by atoms with Crippen LogP contribution in [0.2, 0.25) is 0 Å². The van der Waals surface area contributed by atoms with Crippen LogP contribution in [0, 0.1) is 0 Å². The van der Waals surface area contributed by atoms with Crippen LogP contribution in [0.25, 0.3) is 0 Å². The van der Waals surface area contributed by atoms with Gasteiger partial charge in [0, 0.05) is 0 Å². The van der Waals surface area contributed by atoms with Crippen molar-refractivity contribution in [3.05, 3.63) is 34.9 Å². The molecule has 14 heavy (non-hydrogen) atoms. The Balaban J connectivity index is 2.49. The Morgan fingerprint density at radius 2 is 2.14 bits per heavy atom. The fourth-order valence-electron chi connectivity index (χ4n) is 2.39. The highest BCUT2D eigenvalue weighted by molar-refractivity contribution is 5.39. The van der Waals surface area contributed by atoms with Crippen molar-refractivity contribution in [2.24, 2.45) is 0 Å². The molecule has 0 saturated carbocycles. The number of aliphatic hydroxyl groups excluding tert-OH is 1. The number of hydrogen-bond acceptors (Lipinski definition) is 1. The molecule has 0 saturated heterocycles. The van der Waals surface area contributed by atoms with E-state index in [-0.39, 0.29) is 6.10 Å². The van der Waals surface area contributed by atoms with E-state index >= 15 is 0 Å². The van der Waals surface area contributed by atoms with Gasteiger partial charge in [0.15, 0.2) is 0 Å². The van der Waals surface area contributed by atoms with Crippen molar-refractivity contribution in [2.75, 3.05) is 0 Å². The minimum atomic E-state index is -0.225.